The lowest BCUT2D eigenvalue weighted by Crippen LogP contribution is -1.86. The molecule has 2 nitrogen and oxygen atoms in total. The minimum absolute atomic E-state index is 0.0547. The lowest BCUT2D eigenvalue weighted by Gasteiger charge is -2.02. The van der Waals surface area contributed by atoms with Crippen molar-refractivity contribution in [2.45, 2.75) is 13.8 Å². The van der Waals surface area contributed by atoms with E-state index in [2.05, 4.69) is 22.0 Å². The van der Waals surface area contributed by atoms with E-state index >= 15 is 0 Å². The van der Waals surface area contributed by atoms with Gasteiger partial charge in [0.2, 0.25) is 0 Å². The van der Waals surface area contributed by atoms with Gasteiger partial charge in [-0.3, -0.25) is 0 Å². The summed E-state index contributed by atoms with van der Waals surface area (Å²) in [6.07, 6.45) is 3.60. The van der Waals surface area contributed by atoms with E-state index in [4.69, 9.17) is 0 Å². The molecule has 0 spiro atoms. The number of hydrogen-bond acceptors (Lipinski definition) is 2. The van der Waals surface area contributed by atoms with Crippen LogP contribution in [0.2, 0.25) is 0 Å². The van der Waals surface area contributed by atoms with Crippen LogP contribution in [0.25, 0.3) is 0 Å². The zero-order valence-electron chi connectivity index (χ0n) is 5.50. The average Bonchev–Trinajstić information content (AvgIpc) is 1.90. The maximum Gasteiger partial charge on any atom is 0.121 e. The van der Waals surface area contributed by atoms with Crippen LogP contribution in [0.5, 0.6) is 0 Å². The molecule has 0 saturated carbocycles. The Labute approximate surface area is 65.2 Å². The van der Waals surface area contributed by atoms with Crippen molar-refractivity contribution in [1.29, 1.82) is 0 Å². The van der Waals surface area contributed by atoms with Crippen molar-refractivity contribution in [3.8, 4) is 0 Å². The third kappa shape index (κ3) is 1.97. The van der Waals surface area contributed by atoms with Crippen molar-refractivity contribution in [3.63, 3.8) is 0 Å². The summed E-state index contributed by atoms with van der Waals surface area (Å²) in [5.74, 6) is 0.638. The number of aliphatic imine (C=N–C) groups is 1. The molecule has 0 N–H and O–H groups in total. The number of halogens is 1. The molecule has 0 aromatic heterocycles. The molecule has 0 bridgehead atoms. The molecule has 0 aromatic carbocycles. The van der Waals surface area contributed by atoms with Gasteiger partial charge in [-0.1, -0.05) is 13.8 Å². The summed E-state index contributed by atoms with van der Waals surface area (Å²) >= 11 is -0.0547. The first kappa shape index (κ1) is 7.05. The van der Waals surface area contributed by atoms with Crippen LogP contribution in [0.15, 0.2) is 17.9 Å². The summed E-state index contributed by atoms with van der Waals surface area (Å²) in [6, 6.07) is 0. The molecular weight excluding hydrogens is 227 g/mol. The second-order valence-electron chi connectivity index (χ2n) is 2.12. The first-order valence-corrected chi connectivity index (χ1v) is 4.91. The third-order valence-electron chi connectivity index (χ3n) is 1.01. The molecule has 9 heavy (non-hydrogen) atoms. The molecule has 1 aliphatic heterocycles. The van der Waals surface area contributed by atoms with Gasteiger partial charge in [0, 0.05) is 30.8 Å². The van der Waals surface area contributed by atoms with E-state index in [0.29, 0.717) is 5.92 Å². The van der Waals surface area contributed by atoms with Gasteiger partial charge in [0.1, 0.15) is 6.34 Å². The minimum atomic E-state index is -0.0547. The number of allylic oxidation sites excluding steroid dienone is 1. The largest absolute Gasteiger partial charge is 0.244 e. The Hall–Kier alpha value is -0.0600. The highest BCUT2D eigenvalue weighted by Gasteiger charge is 2.00. The Morgan fingerprint density at radius 1 is 1.56 bits per heavy atom. The van der Waals surface area contributed by atoms with Gasteiger partial charge < -0.3 is 0 Å². The fourth-order valence-electron chi connectivity index (χ4n) is 0.476. The Morgan fingerprint density at radius 3 is 2.67 bits per heavy atom. The van der Waals surface area contributed by atoms with Gasteiger partial charge in [0.25, 0.3) is 0 Å². The van der Waals surface area contributed by atoms with Gasteiger partial charge in [-0.2, -0.15) is 0 Å². The standard InChI is InChI=1S/C6H9IN2/c1-5(2)6-3-8-4-9-7-6/h3-5H,1-2H3. The Bertz CT molecular complexity index is 179. The summed E-state index contributed by atoms with van der Waals surface area (Å²) in [4.78, 5) is 3.95. The fraction of sp³-hybridized carbons (Fsp3) is 0.500. The van der Waals surface area contributed by atoms with Gasteiger partial charge in [-0.15, -0.1) is 0 Å². The van der Waals surface area contributed by atoms with Crippen LogP contribution in [-0.4, -0.2) is 6.34 Å². The van der Waals surface area contributed by atoms with E-state index in [1.165, 1.54) is 3.58 Å². The summed E-state index contributed by atoms with van der Waals surface area (Å²) in [5, 5.41) is 0. The zero-order valence-corrected chi connectivity index (χ0v) is 7.66. The van der Waals surface area contributed by atoms with Crippen LogP contribution in [0.4, 0.5) is 0 Å². The molecule has 0 unspecified atom stereocenters. The van der Waals surface area contributed by atoms with Gasteiger partial charge in [0.15, 0.2) is 0 Å². The summed E-state index contributed by atoms with van der Waals surface area (Å²) < 4.78 is 5.56. The lowest BCUT2D eigenvalue weighted by atomic mass is 10.2. The molecule has 50 valence electrons. The van der Waals surface area contributed by atoms with Gasteiger partial charge in [0.05, 0.1) is 0 Å². The maximum atomic E-state index is 4.13. The molecule has 1 heterocycles. The van der Waals surface area contributed by atoms with Crippen LogP contribution in [0, 0.1) is 5.92 Å². The number of hydrogen-bond donors (Lipinski definition) is 0. The predicted octanol–water partition coefficient (Wildman–Crippen LogP) is 2.68. The van der Waals surface area contributed by atoms with E-state index in [0.717, 1.165) is 0 Å². The van der Waals surface area contributed by atoms with Crippen LogP contribution in [0.3, 0.4) is 0 Å². The quantitative estimate of drug-likeness (QED) is 0.625. The number of rotatable bonds is 1. The number of nitrogens with zero attached hydrogens (tertiary/aromatic N) is 2. The Kier molecular flexibility index (Phi) is 2.50. The fourth-order valence-corrected chi connectivity index (χ4v) is 1.91. The van der Waals surface area contributed by atoms with E-state index in [1.807, 2.05) is 6.20 Å². The topological polar surface area (TPSA) is 24.7 Å². The SMILES string of the molecule is CC(C)C1=CN=CN=I1. The van der Waals surface area contributed by atoms with Crippen LogP contribution in [0.1, 0.15) is 13.8 Å². The molecule has 0 aliphatic carbocycles. The second kappa shape index (κ2) is 3.20. The Morgan fingerprint density at radius 2 is 2.33 bits per heavy atom. The summed E-state index contributed by atoms with van der Waals surface area (Å²) in [7, 11) is 0. The molecule has 1 rings (SSSR count). The molecular formula is C6H9IN2. The zero-order chi connectivity index (χ0) is 6.69. The van der Waals surface area contributed by atoms with Crippen molar-refractivity contribution in [2.75, 3.05) is 0 Å². The molecule has 0 aromatic rings. The molecule has 0 saturated heterocycles. The molecule has 0 amide bonds. The van der Waals surface area contributed by atoms with Crippen molar-refractivity contribution in [1.82, 2.24) is 0 Å². The van der Waals surface area contributed by atoms with Gasteiger partial charge in [-0.25, -0.2) is 8.14 Å². The summed E-state index contributed by atoms with van der Waals surface area (Å²) in [6.45, 7) is 4.36. The third-order valence-corrected chi connectivity index (χ3v) is 3.61. The van der Waals surface area contributed by atoms with Gasteiger partial charge in [-0.05, 0) is 5.92 Å². The maximum absolute atomic E-state index is 4.13. The van der Waals surface area contributed by atoms with Crippen molar-refractivity contribution < 1.29 is 0 Å². The second-order valence-corrected chi connectivity index (χ2v) is 4.40. The Balaban J connectivity index is 2.72. The van der Waals surface area contributed by atoms with E-state index in [9.17, 15) is 0 Å². The minimum Gasteiger partial charge on any atom is -0.244 e. The normalized spacial score (nSPS) is 17.4. The highest BCUT2D eigenvalue weighted by molar-refractivity contribution is 14.2. The molecule has 0 atom stereocenters. The van der Waals surface area contributed by atoms with Crippen LogP contribution < -0.4 is 0 Å². The van der Waals surface area contributed by atoms with Crippen molar-refractivity contribution >= 4 is 27.4 Å². The molecule has 0 radical (unpaired) electrons. The molecule has 0 fully saturated rings. The molecule has 3 heteroatoms. The van der Waals surface area contributed by atoms with E-state index in [1.54, 1.807) is 6.34 Å². The smallest absolute Gasteiger partial charge is 0.121 e. The average molecular weight is 236 g/mol. The molecule has 1 aliphatic rings. The van der Waals surface area contributed by atoms with E-state index in [-0.39, 0.29) is 21.0 Å². The van der Waals surface area contributed by atoms with Crippen LogP contribution in [-0.2, 0) is 0 Å². The highest BCUT2D eigenvalue weighted by Crippen LogP contribution is 2.26. The predicted molar refractivity (Wildman–Crippen MR) is 47.9 cm³/mol. The van der Waals surface area contributed by atoms with Gasteiger partial charge >= 0.3 is 0 Å². The van der Waals surface area contributed by atoms with Crippen molar-refractivity contribution in [3.05, 3.63) is 9.78 Å². The highest BCUT2D eigenvalue weighted by atomic mass is 127. The first-order valence-electron chi connectivity index (χ1n) is 2.86. The summed E-state index contributed by atoms with van der Waals surface area (Å²) in [5.41, 5.74) is 0. The first-order chi connectivity index (χ1) is 4.30. The van der Waals surface area contributed by atoms with E-state index < -0.39 is 0 Å². The van der Waals surface area contributed by atoms with Crippen molar-refractivity contribution in [2.24, 2.45) is 14.1 Å². The lowest BCUT2D eigenvalue weighted by molar-refractivity contribution is 0.822. The van der Waals surface area contributed by atoms with Crippen LogP contribution >= 0.6 is 21.0 Å². The monoisotopic (exact) mass is 236 g/mol.